The summed E-state index contributed by atoms with van der Waals surface area (Å²) in [5.74, 6) is 0.595. The molecule has 0 radical (unpaired) electrons. The van der Waals surface area contributed by atoms with Crippen molar-refractivity contribution in [3.63, 3.8) is 0 Å². The first kappa shape index (κ1) is 14.1. The van der Waals surface area contributed by atoms with Gasteiger partial charge >= 0.3 is 0 Å². The van der Waals surface area contributed by atoms with Crippen LogP contribution in [0.1, 0.15) is 37.8 Å². The lowest BCUT2D eigenvalue weighted by atomic mass is 10.1. The van der Waals surface area contributed by atoms with Crippen molar-refractivity contribution in [3.8, 4) is 0 Å². The molecule has 1 aromatic carbocycles. The first-order chi connectivity index (χ1) is 9.22. The Hall–Kier alpha value is -1.33. The molecule has 2 aromatic rings. The molecule has 0 amide bonds. The Bertz CT molecular complexity index is 510. The molecule has 0 aliphatic carbocycles. The third kappa shape index (κ3) is 3.81. The van der Waals surface area contributed by atoms with Crippen molar-refractivity contribution in [1.82, 2.24) is 15.5 Å². The number of aryl methyl sites for hydroxylation is 1. The second kappa shape index (κ2) is 6.73. The quantitative estimate of drug-likeness (QED) is 0.874. The highest BCUT2D eigenvalue weighted by molar-refractivity contribution is 7.99. The maximum Gasteiger partial charge on any atom is 0.281 e. The van der Waals surface area contributed by atoms with Gasteiger partial charge in [-0.3, -0.25) is 0 Å². The third-order valence-corrected chi connectivity index (χ3v) is 3.70. The van der Waals surface area contributed by atoms with Crippen LogP contribution in [0.2, 0.25) is 0 Å². The number of nitrogens with zero attached hydrogens (tertiary/aromatic N) is 2. The van der Waals surface area contributed by atoms with E-state index in [9.17, 15) is 0 Å². The van der Waals surface area contributed by atoms with Crippen LogP contribution in [0.5, 0.6) is 0 Å². The number of aromatic nitrogens is 2. The molecule has 0 aliphatic heterocycles. The zero-order chi connectivity index (χ0) is 13.7. The van der Waals surface area contributed by atoms with E-state index in [1.165, 1.54) is 17.3 Å². The van der Waals surface area contributed by atoms with Gasteiger partial charge in [0.25, 0.3) is 5.22 Å². The highest BCUT2D eigenvalue weighted by Gasteiger charge is 2.09. The Kier molecular flexibility index (Phi) is 4.99. The van der Waals surface area contributed by atoms with E-state index in [0.717, 1.165) is 17.9 Å². The Morgan fingerprint density at radius 2 is 1.95 bits per heavy atom. The van der Waals surface area contributed by atoms with Gasteiger partial charge in [0.2, 0.25) is 5.89 Å². The van der Waals surface area contributed by atoms with E-state index in [1.807, 2.05) is 0 Å². The van der Waals surface area contributed by atoms with Crippen LogP contribution in [0.15, 0.2) is 38.8 Å². The molecular formula is C14H19N3OS. The monoisotopic (exact) mass is 277 g/mol. The molecule has 0 saturated heterocycles. The lowest BCUT2D eigenvalue weighted by Crippen LogP contribution is -2.19. The summed E-state index contributed by atoms with van der Waals surface area (Å²) in [6.45, 7) is 7.10. The predicted molar refractivity (Wildman–Crippen MR) is 76.3 cm³/mol. The second-order valence-corrected chi connectivity index (χ2v) is 5.30. The van der Waals surface area contributed by atoms with E-state index >= 15 is 0 Å². The third-order valence-electron chi connectivity index (χ3n) is 2.85. The molecule has 1 unspecified atom stereocenters. The van der Waals surface area contributed by atoms with Crippen LogP contribution in [0, 0.1) is 6.92 Å². The van der Waals surface area contributed by atoms with Crippen LogP contribution in [0.3, 0.4) is 0 Å². The molecule has 0 bridgehead atoms. The zero-order valence-electron chi connectivity index (χ0n) is 11.5. The Morgan fingerprint density at radius 3 is 2.47 bits per heavy atom. The van der Waals surface area contributed by atoms with Crippen LogP contribution in [0.25, 0.3) is 0 Å². The molecule has 4 nitrogen and oxygen atoms in total. The number of hydrogen-bond acceptors (Lipinski definition) is 5. The fourth-order valence-electron chi connectivity index (χ4n) is 1.93. The Balaban J connectivity index is 2.05. The van der Waals surface area contributed by atoms with E-state index in [1.54, 1.807) is 6.92 Å². The lowest BCUT2D eigenvalue weighted by molar-refractivity contribution is 0.429. The first-order valence-electron chi connectivity index (χ1n) is 6.54. The minimum Gasteiger partial charge on any atom is -0.416 e. The number of benzene rings is 1. The van der Waals surface area contributed by atoms with Gasteiger partial charge in [0.05, 0.1) is 0 Å². The minimum atomic E-state index is 0.426. The van der Waals surface area contributed by atoms with Crippen molar-refractivity contribution >= 4 is 11.8 Å². The molecular weight excluding hydrogens is 258 g/mol. The molecule has 0 saturated carbocycles. The predicted octanol–water partition coefficient (Wildman–Crippen LogP) is 3.59. The molecule has 0 fully saturated rings. The highest BCUT2D eigenvalue weighted by Crippen LogP contribution is 2.27. The van der Waals surface area contributed by atoms with Gasteiger partial charge in [-0.15, -0.1) is 10.2 Å². The van der Waals surface area contributed by atoms with Gasteiger partial charge in [-0.2, -0.15) is 0 Å². The van der Waals surface area contributed by atoms with Gasteiger partial charge in [-0.25, -0.2) is 0 Å². The van der Waals surface area contributed by atoms with E-state index in [2.05, 4.69) is 53.6 Å². The Labute approximate surface area is 118 Å². The van der Waals surface area contributed by atoms with Crippen molar-refractivity contribution in [3.05, 3.63) is 35.7 Å². The summed E-state index contributed by atoms with van der Waals surface area (Å²) < 4.78 is 5.35. The molecule has 1 N–H and O–H groups in total. The van der Waals surface area contributed by atoms with E-state index in [0.29, 0.717) is 17.2 Å². The summed E-state index contributed by atoms with van der Waals surface area (Å²) in [5.41, 5.74) is 1.32. The van der Waals surface area contributed by atoms with E-state index < -0.39 is 0 Å². The maximum absolute atomic E-state index is 5.35. The summed E-state index contributed by atoms with van der Waals surface area (Å²) in [7, 11) is 0. The van der Waals surface area contributed by atoms with Crippen LogP contribution < -0.4 is 5.32 Å². The van der Waals surface area contributed by atoms with E-state index in [4.69, 9.17) is 4.42 Å². The molecule has 1 heterocycles. The average molecular weight is 277 g/mol. The van der Waals surface area contributed by atoms with Gasteiger partial charge < -0.3 is 9.73 Å². The smallest absolute Gasteiger partial charge is 0.281 e. The molecule has 0 aliphatic rings. The number of hydrogen-bond donors (Lipinski definition) is 1. The Morgan fingerprint density at radius 1 is 1.21 bits per heavy atom. The molecule has 1 aromatic heterocycles. The van der Waals surface area contributed by atoms with Crippen molar-refractivity contribution < 1.29 is 4.42 Å². The fourth-order valence-corrected chi connectivity index (χ4v) is 2.65. The van der Waals surface area contributed by atoms with Gasteiger partial charge in [0.15, 0.2) is 0 Å². The van der Waals surface area contributed by atoms with Gasteiger partial charge in [-0.05, 0) is 42.4 Å². The first-order valence-corrected chi connectivity index (χ1v) is 7.35. The summed E-state index contributed by atoms with van der Waals surface area (Å²) in [4.78, 5) is 1.11. The van der Waals surface area contributed by atoms with Crippen molar-refractivity contribution in [2.75, 3.05) is 6.54 Å². The molecule has 102 valence electrons. The highest BCUT2D eigenvalue weighted by atomic mass is 32.2. The summed E-state index contributed by atoms with van der Waals surface area (Å²) in [5, 5.41) is 11.9. The second-order valence-electron chi connectivity index (χ2n) is 4.28. The van der Waals surface area contributed by atoms with Crippen LogP contribution in [0.4, 0.5) is 0 Å². The summed E-state index contributed by atoms with van der Waals surface area (Å²) in [6, 6.07) is 8.93. The fraction of sp³-hybridized carbons (Fsp3) is 0.429. The van der Waals surface area contributed by atoms with Crippen LogP contribution in [-0.2, 0) is 0 Å². The maximum atomic E-state index is 5.35. The van der Waals surface area contributed by atoms with Crippen molar-refractivity contribution in [1.29, 1.82) is 0 Å². The van der Waals surface area contributed by atoms with Crippen molar-refractivity contribution in [2.45, 2.75) is 43.4 Å². The molecule has 5 heteroatoms. The molecule has 1 atom stereocenters. The molecule has 2 rings (SSSR count). The zero-order valence-corrected chi connectivity index (χ0v) is 12.3. The average Bonchev–Trinajstić information content (AvgIpc) is 2.82. The summed E-state index contributed by atoms with van der Waals surface area (Å²) >= 11 is 1.49. The normalized spacial score (nSPS) is 12.6. The van der Waals surface area contributed by atoms with Gasteiger partial charge in [0, 0.05) is 17.9 Å². The standard InChI is InChI=1S/C14H19N3OS/c1-4-13(15-5-2)11-6-8-12(9-7-11)19-14-17-16-10(3)18-14/h6-9,13,15H,4-5H2,1-3H3. The minimum absolute atomic E-state index is 0.426. The lowest BCUT2D eigenvalue weighted by Gasteiger charge is -2.16. The molecule has 19 heavy (non-hydrogen) atoms. The SMILES string of the molecule is CCNC(CC)c1ccc(Sc2nnc(C)o2)cc1. The van der Waals surface area contributed by atoms with Crippen molar-refractivity contribution in [2.24, 2.45) is 0 Å². The topological polar surface area (TPSA) is 51.0 Å². The largest absolute Gasteiger partial charge is 0.416 e. The van der Waals surface area contributed by atoms with Crippen LogP contribution >= 0.6 is 11.8 Å². The van der Waals surface area contributed by atoms with Gasteiger partial charge in [0.1, 0.15) is 0 Å². The number of rotatable bonds is 6. The van der Waals surface area contributed by atoms with Crippen LogP contribution in [-0.4, -0.2) is 16.7 Å². The van der Waals surface area contributed by atoms with Gasteiger partial charge in [-0.1, -0.05) is 26.0 Å². The van der Waals surface area contributed by atoms with E-state index in [-0.39, 0.29) is 0 Å². The number of nitrogens with one attached hydrogen (secondary N) is 1. The summed E-state index contributed by atoms with van der Waals surface area (Å²) in [6.07, 6.45) is 1.09. The molecule has 0 spiro atoms.